The van der Waals surface area contributed by atoms with Crippen molar-refractivity contribution >= 4 is 0 Å². The van der Waals surface area contributed by atoms with Crippen molar-refractivity contribution in [3.05, 3.63) is 29.8 Å². The molecule has 112 valence electrons. The van der Waals surface area contributed by atoms with Gasteiger partial charge in [0.15, 0.2) is 0 Å². The lowest BCUT2D eigenvalue weighted by molar-refractivity contribution is 0.0460. The normalized spacial score (nSPS) is 28.4. The van der Waals surface area contributed by atoms with Crippen molar-refractivity contribution in [2.45, 2.75) is 59.1 Å². The Balaban J connectivity index is 2.05. The fourth-order valence-electron chi connectivity index (χ4n) is 3.27. The first kappa shape index (κ1) is 15.4. The van der Waals surface area contributed by atoms with Gasteiger partial charge in [-0.15, -0.1) is 0 Å². The number of rotatable bonds is 4. The molecule has 3 unspecified atom stereocenters. The standard InChI is InChI=1S/C18H29NO/c1-12(2)17-10-5-13(3)11-18(17)20-16-8-6-15(7-9-16)14(4)19/h6-9,12-14,17-18H,5,10-11,19H2,1-4H3/t13?,14-,17?,18?/m0/s1. The van der Waals surface area contributed by atoms with E-state index in [-0.39, 0.29) is 6.04 Å². The minimum atomic E-state index is 0.0853. The third-order valence-corrected chi connectivity index (χ3v) is 4.65. The summed E-state index contributed by atoms with van der Waals surface area (Å²) in [5.41, 5.74) is 7.05. The molecule has 1 saturated carbocycles. The molecule has 0 amide bonds. The lowest BCUT2D eigenvalue weighted by Gasteiger charge is -2.37. The second-order valence-electron chi connectivity index (χ2n) is 6.84. The Morgan fingerprint density at radius 2 is 1.75 bits per heavy atom. The summed E-state index contributed by atoms with van der Waals surface area (Å²) in [6.07, 6.45) is 4.17. The molecule has 0 bridgehead atoms. The maximum absolute atomic E-state index is 6.29. The van der Waals surface area contributed by atoms with Crippen LogP contribution < -0.4 is 10.5 Å². The summed E-state index contributed by atoms with van der Waals surface area (Å²) in [6, 6.07) is 8.37. The Labute approximate surface area is 123 Å². The predicted molar refractivity (Wildman–Crippen MR) is 84.8 cm³/mol. The van der Waals surface area contributed by atoms with E-state index in [0.717, 1.165) is 17.2 Å². The third kappa shape index (κ3) is 3.76. The van der Waals surface area contributed by atoms with E-state index in [1.165, 1.54) is 19.3 Å². The summed E-state index contributed by atoms with van der Waals surface area (Å²) in [4.78, 5) is 0. The molecule has 0 aromatic heterocycles. The maximum Gasteiger partial charge on any atom is 0.119 e. The van der Waals surface area contributed by atoms with Crippen molar-refractivity contribution in [2.24, 2.45) is 23.5 Å². The van der Waals surface area contributed by atoms with Gasteiger partial charge in [0.1, 0.15) is 11.9 Å². The molecule has 0 saturated heterocycles. The molecule has 1 aliphatic rings. The Hall–Kier alpha value is -1.02. The van der Waals surface area contributed by atoms with Gasteiger partial charge in [-0.1, -0.05) is 39.3 Å². The molecule has 0 aliphatic heterocycles. The minimum Gasteiger partial charge on any atom is -0.490 e. The zero-order valence-corrected chi connectivity index (χ0v) is 13.3. The monoisotopic (exact) mass is 275 g/mol. The second-order valence-corrected chi connectivity index (χ2v) is 6.84. The Morgan fingerprint density at radius 1 is 1.10 bits per heavy atom. The Bertz CT molecular complexity index is 410. The topological polar surface area (TPSA) is 35.2 Å². The fraction of sp³-hybridized carbons (Fsp3) is 0.667. The lowest BCUT2D eigenvalue weighted by atomic mass is 9.75. The lowest BCUT2D eigenvalue weighted by Crippen LogP contribution is -2.36. The van der Waals surface area contributed by atoms with Gasteiger partial charge in [0.05, 0.1) is 0 Å². The highest BCUT2D eigenvalue weighted by Crippen LogP contribution is 2.36. The first-order chi connectivity index (χ1) is 9.47. The molecule has 0 heterocycles. The van der Waals surface area contributed by atoms with E-state index in [0.29, 0.717) is 17.9 Å². The van der Waals surface area contributed by atoms with Crippen molar-refractivity contribution in [3.63, 3.8) is 0 Å². The number of benzene rings is 1. The minimum absolute atomic E-state index is 0.0853. The Morgan fingerprint density at radius 3 is 2.30 bits per heavy atom. The predicted octanol–water partition coefficient (Wildman–Crippen LogP) is 4.55. The second kappa shape index (κ2) is 6.62. The van der Waals surface area contributed by atoms with E-state index in [4.69, 9.17) is 10.5 Å². The van der Waals surface area contributed by atoms with E-state index in [1.807, 2.05) is 6.92 Å². The third-order valence-electron chi connectivity index (χ3n) is 4.65. The van der Waals surface area contributed by atoms with E-state index >= 15 is 0 Å². The van der Waals surface area contributed by atoms with Gasteiger partial charge in [0.2, 0.25) is 0 Å². The quantitative estimate of drug-likeness (QED) is 0.875. The molecule has 2 N–H and O–H groups in total. The molecule has 1 aliphatic carbocycles. The molecule has 20 heavy (non-hydrogen) atoms. The van der Waals surface area contributed by atoms with E-state index < -0.39 is 0 Å². The number of ether oxygens (including phenoxy) is 1. The molecule has 2 nitrogen and oxygen atoms in total. The summed E-state index contributed by atoms with van der Waals surface area (Å²) in [7, 11) is 0. The van der Waals surface area contributed by atoms with Crippen LogP contribution in [0.1, 0.15) is 58.6 Å². The van der Waals surface area contributed by atoms with Gasteiger partial charge in [0.25, 0.3) is 0 Å². The summed E-state index contributed by atoms with van der Waals surface area (Å²) < 4.78 is 6.29. The van der Waals surface area contributed by atoms with Crippen molar-refractivity contribution in [3.8, 4) is 5.75 Å². The van der Waals surface area contributed by atoms with Gasteiger partial charge in [-0.05, 0) is 55.2 Å². The number of hydrogen-bond acceptors (Lipinski definition) is 2. The molecule has 2 rings (SSSR count). The van der Waals surface area contributed by atoms with Crippen LogP contribution in [0.2, 0.25) is 0 Å². The summed E-state index contributed by atoms with van der Waals surface area (Å²) in [5.74, 6) is 3.13. The highest BCUT2D eigenvalue weighted by atomic mass is 16.5. The highest BCUT2D eigenvalue weighted by Gasteiger charge is 2.32. The molecule has 1 fully saturated rings. The van der Waals surface area contributed by atoms with Crippen molar-refractivity contribution in [2.75, 3.05) is 0 Å². The van der Waals surface area contributed by atoms with E-state index in [2.05, 4.69) is 45.0 Å². The Kier molecular flexibility index (Phi) is 5.09. The molecule has 1 aromatic rings. The average molecular weight is 275 g/mol. The van der Waals surface area contributed by atoms with Crippen LogP contribution in [-0.4, -0.2) is 6.10 Å². The van der Waals surface area contributed by atoms with E-state index in [1.54, 1.807) is 0 Å². The van der Waals surface area contributed by atoms with Crippen LogP contribution in [0.5, 0.6) is 5.75 Å². The van der Waals surface area contributed by atoms with Crippen LogP contribution in [0.4, 0.5) is 0 Å². The zero-order valence-electron chi connectivity index (χ0n) is 13.3. The van der Waals surface area contributed by atoms with Gasteiger partial charge in [0, 0.05) is 6.04 Å². The van der Waals surface area contributed by atoms with Crippen LogP contribution in [0.3, 0.4) is 0 Å². The van der Waals surface area contributed by atoms with Gasteiger partial charge in [-0.2, -0.15) is 0 Å². The maximum atomic E-state index is 6.29. The summed E-state index contributed by atoms with van der Waals surface area (Å²) >= 11 is 0. The highest BCUT2D eigenvalue weighted by molar-refractivity contribution is 5.29. The first-order valence-corrected chi connectivity index (χ1v) is 7.99. The van der Waals surface area contributed by atoms with Gasteiger partial charge < -0.3 is 10.5 Å². The molecular weight excluding hydrogens is 246 g/mol. The molecular formula is C18H29NO. The van der Waals surface area contributed by atoms with Gasteiger partial charge in [-0.25, -0.2) is 0 Å². The SMILES string of the molecule is CC1CCC(C(C)C)C(Oc2ccc([C@H](C)N)cc2)C1. The van der Waals surface area contributed by atoms with Crippen LogP contribution >= 0.6 is 0 Å². The smallest absolute Gasteiger partial charge is 0.119 e. The summed E-state index contributed by atoms with van der Waals surface area (Å²) in [5, 5.41) is 0. The average Bonchev–Trinajstić information content (AvgIpc) is 2.39. The van der Waals surface area contributed by atoms with Crippen LogP contribution in [0, 0.1) is 17.8 Å². The molecule has 0 radical (unpaired) electrons. The number of nitrogens with two attached hydrogens (primary N) is 1. The number of hydrogen-bond donors (Lipinski definition) is 1. The van der Waals surface area contributed by atoms with Crippen molar-refractivity contribution < 1.29 is 4.74 Å². The van der Waals surface area contributed by atoms with Crippen LogP contribution in [-0.2, 0) is 0 Å². The summed E-state index contributed by atoms with van der Waals surface area (Å²) in [6.45, 7) is 8.98. The van der Waals surface area contributed by atoms with Crippen LogP contribution in [0.25, 0.3) is 0 Å². The van der Waals surface area contributed by atoms with Crippen LogP contribution in [0.15, 0.2) is 24.3 Å². The van der Waals surface area contributed by atoms with E-state index in [9.17, 15) is 0 Å². The molecule has 1 aromatic carbocycles. The van der Waals surface area contributed by atoms with Crippen molar-refractivity contribution in [1.29, 1.82) is 0 Å². The molecule has 4 atom stereocenters. The zero-order chi connectivity index (χ0) is 14.7. The largest absolute Gasteiger partial charge is 0.490 e. The van der Waals surface area contributed by atoms with Gasteiger partial charge in [-0.3, -0.25) is 0 Å². The fourth-order valence-corrected chi connectivity index (χ4v) is 3.27. The first-order valence-electron chi connectivity index (χ1n) is 7.99. The molecule has 2 heteroatoms. The van der Waals surface area contributed by atoms with Crippen molar-refractivity contribution in [1.82, 2.24) is 0 Å². The molecule has 0 spiro atoms. The van der Waals surface area contributed by atoms with Gasteiger partial charge >= 0.3 is 0 Å².